The summed E-state index contributed by atoms with van der Waals surface area (Å²) < 4.78 is 29.8. The average Bonchev–Trinajstić information content (AvgIpc) is 2.44. The Hall–Kier alpha value is -2.28. The number of methoxy groups -OCH3 is 1. The molecule has 1 aromatic carbocycles. The van der Waals surface area contributed by atoms with Gasteiger partial charge in [0.15, 0.2) is 0 Å². The Morgan fingerprint density at radius 2 is 1.95 bits per heavy atom. The molecule has 2 rings (SSSR count). The summed E-state index contributed by atoms with van der Waals surface area (Å²) in [7, 11) is -1.70. The first-order valence-corrected chi connectivity index (χ1v) is 8.16. The Morgan fingerprint density at radius 3 is 2.57 bits per heavy atom. The summed E-state index contributed by atoms with van der Waals surface area (Å²) in [5, 5.41) is 3.21. The van der Waals surface area contributed by atoms with E-state index >= 15 is 0 Å². The lowest BCUT2D eigenvalue weighted by Crippen LogP contribution is -2.09. The third-order valence-corrected chi connectivity index (χ3v) is 3.28. The van der Waals surface area contributed by atoms with Gasteiger partial charge in [0.25, 0.3) is 0 Å². The lowest BCUT2D eigenvalue weighted by atomic mass is 10.2. The molecule has 0 amide bonds. The van der Waals surface area contributed by atoms with E-state index in [0.717, 1.165) is 17.5 Å². The van der Waals surface area contributed by atoms with Gasteiger partial charge in [-0.15, -0.1) is 0 Å². The molecule has 0 saturated carbocycles. The molecule has 0 fully saturated rings. The van der Waals surface area contributed by atoms with Gasteiger partial charge < -0.3 is 10.1 Å². The predicted molar refractivity (Wildman–Crippen MR) is 83.0 cm³/mol. The van der Waals surface area contributed by atoms with Crippen LogP contribution in [0.2, 0.25) is 0 Å². The number of hydrogen-bond acceptors (Lipinski definition) is 5. The summed E-state index contributed by atoms with van der Waals surface area (Å²) in [6.07, 6.45) is 2.85. The molecular formula is C14H17N3O3S. The smallest absolute Gasteiger partial charge is 0.229 e. The van der Waals surface area contributed by atoms with E-state index in [0.29, 0.717) is 18.1 Å². The van der Waals surface area contributed by atoms with E-state index in [9.17, 15) is 8.42 Å². The number of hydrogen-bond donors (Lipinski definition) is 2. The van der Waals surface area contributed by atoms with E-state index in [-0.39, 0.29) is 0 Å². The minimum absolute atomic E-state index is 0.523. The van der Waals surface area contributed by atoms with Crippen molar-refractivity contribution in [2.75, 3.05) is 23.4 Å². The quantitative estimate of drug-likeness (QED) is 0.854. The van der Waals surface area contributed by atoms with Crippen LogP contribution in [0.3, 0.4) is 0 Å². The molecule has 2 aromatic rings. The molecule has 21 heavy (non-hydrogen) atoms. The molecule has 0 aliphatic heterocycles. The minimum atomic E-state index is -3.27. The molecule has 1 aromatic heterocycles. The van der Waals surface area contributed by atoms with E-state index in [2.05, 4.69) is 15.0 Å². The monoisotopic (exact) mass is 307 g/mol. The van der Waals surface area contributed by atoms with Gasteiger partial charge in [0, 0.05) is 24.5 Å². The van der Waals surface area contributed by atoms with E-state index in [4.69, 9.17) is 4.74 Å². The van der Waals surface area contributed by atoms with Gasteiger partial charge in [0.1, 0.15) is 0 Å². The number of sulfonamides is 1. The van der Waals surface area contributed by atoms with E-state index in [1.165, 1.54) is 0 Å². The number of ether oxygens (including phenoxy) is 1. The Labute approximate surface area is 124 Å². The van der Waals surface area contributed by atoms with Crippen molar-refractivity contribution in [3.63, 3.8) is 0 Å². The number of nitrogens with one attached hydrogen (secondary N) is 2. The number of nitrogens with zero attached hydrogens (tertiary/aromatic N) is 1. The Kier molecular flexibility index (Phi) is 4.64. The van der Waals surface area contributed by atoms with Crippen molar-refractivity contribution >= 4 is 21.4 Å². The molecule has 7 heteroatoms. The fourth-order valence-electron chi connectivity index (χ4n) is 1.75. The summed E-state index contributed by atoms with van der Waals surface area (Å²) in [5.41, 5.74) is 2.34. The lowest BCUT2D eigenvalue weighted by molar-refractivity contribution is 0.397. The van der Waals surface area contributed by atoms with Gasteiger partial charge in [-0.25, -0.2) is 13.4 Å². The Morgan fingerprint density at radius 1 is 1.19 bits per heavy atom. The van der Waals surface area contributed by atoms with Crippen molar-refractivity contribution in [1.82, 2.24) is 4.98 Å². The van der Waals surface area contributed by atoms with Crippen LogP contribution in [0.1, 0.15) is 5.56 Å². The topological polar surface area (TPSA) is 80.3 Å². The fourth-order valence-corrected chi connectivity index (χ4v) is 2.30. The van der Waals surface area contributed by atoms with Crippen LogP contribution in [0.15, 0.2) is 42.6 Å². The number of aromatic nitrogens is 1. The van der Waals surface area contributed by atoms with Crippen LogP contribution in [0, 0.1) is 0 Å². The number of benzene rings is 1. The van der Waals surface area contributed by atoms with Gasteiger partial charge >= 0.3 is 0 Å². The molecule has 112 valence electrons. The van der Waals surface area contributed by atoms with Gasteiger partial charge in [-0.05, 0) is 23.8 Å². The highest BCUT2D eigenvalue weighted by Crippen LogP contribution is 2.17. The molecular weight excluding hydrogens is 290 g/mol. The summed E-state index contributed by atoms with van der Waals surface area (Å²) in [6, 6.07) is 10.8. The van der Waals surface area contributed by atoms with Gasteiger partial charge in [-0.1, -0.05) is 12.1 Å². The van der Waals surface area contributed by atoms with Crippen molar-refractivity contribution in [2.45, 2.75) is 6.54 Å². The van der Waals surface area contributed by atoms with Crippen molar-refractivity contribution in [2.24, 2.45) is 0 Å². The maximum atomic E-state index is 11.2. The molecule has 0 atom stereocenters. The zero-order valence-electron chi connectivity index (χ0n) is 11.8. The third kappa shape index (κ3) is 4.96. The van der Waals surface area contributed by atoms with Gasteiger partial charge in [0.05, 0.1) is 19.1 Å². The lowest BCUT2D eigenvalue weighted by Gasteiger charge is -2.09. The van der Waals surface area contributed by atoms with Crippen LogP contribution in [0.5, 0.6) is 5.88 Å². The molecule has 2 N–H and O–H groups in total. The largest absolute Gasteiger partial charge is 0.481 e. The predicted octanol–water partition coefficient (Wildman–Crippen LogP) is 2.07. The average molecular weight is 307 g/mol. The fraction of sp³-hybridized carbons (Fsp3) is 0.214. The first-order valence-electron chi connectivity index (χ1n) is 6.27. The van der Waals surface area contributed by atoms with E-state index < -0.39 is 10.0 Å². The number of anilines is 2. The normalized spacial score (nSPS) is 11.0. The van der Waals surface area contributed by atoms with E-state index in [1.807, 2.05) is 12.1 Å². The molecule has 0 bridgehead atoms. The molecule has 0 radical (unpaired) electrons. The maximum absolute atomic E-state index is 11.2. The highest BCUT2D eigenvalue weighted by atomic mass is 32.2. The second kappa shape index (κ2) is 6.45. The molecule has 0 aliphatic rings. The maximum Gasteiger partial charge on any atom is 0.229 e. The Balaban J connectivity index is 2.01. The Bertz CT molecular complexity index is 700. The SMILES string of the molecule is COc1ccc(CNc2cccc(NS(C)(=O)=O)c2)cn1. The summed E-state index contributed by atoms with van der Waals surface area (Å²) in [4.78, 5) is 4.12. The first kappa shape index (κ1) is 15.1. The van der Waals surface area contributed by atoms with Crippen LogP contribution in [0.25, 0.3) is 0 Å². The highest BCUT2D eigenvalue weighted by molar-refractivity contribution is 7.92. The van der Waals surface area contributed by atoms with Crippen LogP contribution < -0.4 is 14.8 Å². The molecule has 0 spiro atoms. The summed E-state index contributed by atoms with van der Waals surface area (Å²) in [6.45, 7) is 0.583. The third-order valence-electron chi connectivity index (χ3n) is 2.67. The van der Waals surface area contributed by atoms with Gasteiger partial charge in [-0.2, -0.15) is 0 Å². The van der Waals surface area contributed by atoms with Crippen LogP contribution in [0.4, 0.5) is 11.4 Å². The standard InChI is InChI=1S/C14H17N3O3S/c1-20-14-7-6-11(10-16-14)9-15-12-4-3-5-13(8-12)17-21(2,18)19/h3-8,10,15,17H,9H2,1-2H3. The van der Waals surface area contributed by atoms with Crippen molar-refractivity contribution in [1.29, 1.82) is 0 Å². The van der Waals surface area contributed by atoms with Crippen molar-refractivity contribution in [3.05, 3.63) is 48.2 Å². The zero-order chi connectivity index (χ0) is 15.3. The van der Waals surface area contributed by atoms with Gasteiger partial charge in [0.2, 0.25) is 15.9 Å². The molecule has 1 heterocycles. The first-order chi connectivity index (χ1) is 9.96. The summed E-state index contributed by atoms with van der Waals surface area (Å²) >= 11 is 0. The van der Waals surface area contributed by atoms with Crippen molar-refractivity contribution < 1.29 is 13.2 Å². The van der Waals surface area contributed by atoms with Gasteiger partial charge in [-0.3, -0.25) is 4.72 Å². The van der Waals surface area contributed by atoms with E-state index in [1.54, 1.807) is 37.6 Å². The number of rotatable bonds is 6. The summed E-state index contributed by atoms with van der Waals surface area (Å²) in [5.74, 6) is 0.568. The molecule has 0 aliphatic carbocycles. The number of pyridine rings is 1. The van der Waals surface area contributed by atoms with Crippen LogP contribution in [-0.2, 0) is 16.6 Å². The van der Waals surface area contributed by atoms with Crippen molar-refractivity contribution in [3.8, 4) is 5.88 Å². The molecule has 6 nitrogen and oxygen atoms in total. The second-order valence-electron chi connectivity index (χ2n) is 4.52. The zero-order valence-corrected chi connectivity index (χ0v) is 12.6. The minimum Gasteiger partial charge on any atom is -0.481 e. The molecule has 0 saturated heterocycles. The second-order valence-corrected chi connectivity index (χ2v) is 6.27. The van der Waals surface area contributed by atoms with Crippen LogP contribution in [-0.4, -0.2) is 26.8 Å². The highest BCUT2D eigenvalue weighted by Gasteiger charge is 2.02. The molecule has 0 unspecified atom stereocenters. The van der Waals surface area contributed by atoms with Crippen LogP contribution >= 0.6 is 0 Å².